The van der Waals surface area contributed by atoms with Crippen LogP contribution in [0.15, 0.2) is 0 Å². The topological polar surface area (TPSA) is 84.2 Å². The Kier molecular flexibility index (Phi) is 4.28. The minimum absolute atomic E-state index is 0.00790. The van der Waals surface area contributed by atoms with Crippen molar-refractivity contribution in [2.75, 3.05) is 26.3 Å². The summed E-state index contributed by atoms with van der Waals surface area (Å²) in [6.07, 6.45) is -1.72. The number of nitrogens with zero attached hydrogens (tertiary/aromatic N) is 1. The number of piperidine rings is 1. The van der Waals surface area contributed by atoms with Crippen molar-refractivity contribution in [3.63, 3.8) is 0 Å². The van der Waals surface area contributed by atoms with Crippen LogP contribution >= 0.6 is 0 Å². The number of rotatable bonds is 3. The number of hydrogen-bond acceptors (Lipinski definition) is 5. The van der Waals surface area contributed by atoms with Gasteiger partial charge >= 0.3 is 0 Å². The zero-order chi connectivity index (χ0) is 10.7. The van der Waals surface area contributed by atoms with Crippen molar-refractivity contribution in [1.82, 2.24) is 4.90 Å². The standard InChI is InChI=1S/C9H19NO4/c1-6-4-10(2-3-11)7(5-12)9(14)8(6)13/h6-9,11-14H,2-5H2,1H3/t6?,7-,8-,9-/m1/s1. The van der Waals surface area contributed by atoms with Crippen molar-refractivity contribution in [2.24, 2.45) is 5.92 Å². The molecule has 5 nitrogen and oxygen atoms in total. The average Bonchev–Trinajstić information content (AvgIpc) is 2.16. The van der Waals surface area contributed by atoms with E-state index in [1.807, 2.05) is 11.8 Å². The lowest BCUT2D eigenvalue weighted by Gasteiger charge is -2.43. The van der Waals surface area contributed by atoms with Crippen LogP contribution < -0.4 is 0 Å². The Morgan fingerprint density at radius 2 is 1.86 bits per heavy atom. The molecule has 1 fully saturated rings. The van der Waals surface area contributed by atoms with Crippen molar-refractivity contribution in [1.29, 1.82) is 0 Å². The summed E-state index contributed by atoms with van der Waals surface area (Å²) in [5.74, 6) is -0.0423. The summed E-state index contributed by atoms with van der Waals surface area (Å²) < 4.78 is 0. The number of aliphatic hydroxyl groups is 4. The molecule has 1 heterocycles. The molecule has 0 spiro atoms. The predicted molar refractivity (Wildman–Crippen MR) is 50.7 cm³/mol. The molecule has 0 amide bonds. The first-order valence-corrected chi connectivity index (χ1v) is 4.93. The third kappa shape index (κ3) is 2.24. The molecule has 0 radical (unpaired) electrons. The highest BCUT2D eigenvalue weighted by atomic mass is 16.3. The molecule has 4 atom stereocenters. The number of β-amino-alcohol motifs (C(OH)–C–C–N with tert-alkyl or cyclic N) is 1. The first kappa shape index (κ1) is 11.9. The predicted octanol–water partition coefficient (Wildman–Crippen LogP) is -1.99. The molecule has 5 heteroatoms. The monoisotopic (exact) mass is 205 g/mol. The van der Waals surface area contributed by atoms with Gasteiger partial charge in [0.1, 0.15) is 0 Å². The Morgan fingerprint density at radius 1 is 1.21 bits per heavy atom. The third-order valence-electron chi connectivity index (χ3n) is 2.89. The summed E-state index contributed by atoms with van der Waals surface area (Å²) in [7, 11) is 0. The maximum Gasteiger partial charge on any atom is 0.0979 e. The molecule has 0 bridgehead atoms. The number of likely N-dealkylation sites (tertiary alicyclic amines) is 1. The zero-order valence-corrected chi connectivity index (χ0v) is 8.37. The normalized spacial score (nSPS) is 40.1. The molecular weight excluding hydrogens is 186 g/mol. The van der Waals surface area contributed by atoms with Gasteiger partial charge in [0, 0.05) is 13.1 Å². The fourth-order valence-electron chi connectivity index (χ4n) is 2.00. The van der Waals surface area contributed by atoms with Crippen LogP contribution in [0.4, 0.5) is 0 Å². The van der Waals surface area contributed by atoms with Crippen LogP contribution in [0, 0.1) is 5.92 Å². The van der Waals surface area contributed by atoms with Gasteiger partial charge in [-0.25, -0.2) is 0 Å². The van der Waals surface area contributed by atoms with E-state index in [1.54, 1.807) is 0 Å². The van der Waals surface area contributed by atoms with Crippen LogP contribution in [0.25, 0.3) is 0 Å². The van der Waals surface area contributed by atoms with Gasteiger partial charge in [-0.05, 0) is 5.92 Å². The van der Waals surface area contributed by atoms with Gasteiger partial charge in [-0.3, -0.25) is 4.90 Å². The van der Waals surface area contributed by atoms with Crippen molar-refractivity contribution in [3.8, 4) is 0 Å². The number of hydrogen-bond donors (Lipinski definition) is 4. The van der Waals surface area contributed by atoms with Crippen molar-refractivity contribution >= 4 is 0 Å². The van der Waals surface area contributed by atoms with Crippen LogP contribution in [0.2, 0.25) is 0 Å². The summed E-state index contributed by atoms with van der Waals surface area (Å²) in [5.41, 5.74) is 0. The lowest BCUT2D eigenvalue weighted by atomic mass is 9.89. The molecule has 1 aliphatic heterocycles. The van der Waals surface area contributed by atoms with Gasteiger partial charge < -0.3 is 20.4 Å². The molecule has 4 N–H and O–H groups in total. The van der Waals surface area contributed by atoms with Crippen molar-refractivity contribution < 1.29 is 20.4 Å². The van der Waals surface area contributed by atoms with Crippen LogP contribution in [0.5, 0.6) is 0 Å². The average molecular weight is 205 g/mol. The number of aliphatic hydroxyl groups excluding tert-OH is 4. The first-order valence-electron chi connectivity index (χ1n) is 4.93. The van der Waals surface area contributed by atoms with Crippen LogP contribution in [0.3, 0.4) is 0 Å². The highest BCUT2D eigenvalue weighted by Crippen LogP contribution is 2.22. The quantitative estimate of drug-likeness (QED) is 0.429. The first-order chi connectivity index (χ1) is 6.61. The fourth-order valence-corrected chi connectivity index (χ4v) is 2.00. The zero-order valence-electron chi connectivity index (χ0n) is 8.37. The highest BCUT2D eigenvalue weighted by Gasteiger charge is 2.39. The van der Waals surface area contributed by atoms with E-state index in [0.717, 1.165) is 0 Å². The molecule has 0 aromatic heterocycles. The van der Waals surface area contributed by atoms with Crippen LogP contribution in [0.1, 0.15) is 6.92 Å². The van der Waals surface area contributed by atoms with Crippen molar-refractivity contribution in [2.45, 2.75) is 25.2 Å². The second kappa shape index (κ2) is 5.04. The minimum Gasteiger partial charge on any atom is -0.395 e. The van der Waals surface area contributed by atoms with E-state index in [2.05, 4.69) is 0 Å². The van der Waals surface area contributed by atoms with E-state index >= 15 is 0 Å². The SMILES string of the molecule is CC1CN(CCO)[C@H](CO)[C@@H](O)[C@@H]1O. The maximum absolute atomic E-state index is 9.67. The molecule has 14 heavy (non-hydrogen) atoms. The maximum atomic E-state index is 9.67. The Bertz CT molecular complexity index is 178. The van der Waals surface area contributed by atoms with E-state index in [9.17, 15) is 10.2 Å². The van der Waals surface area contributed by atoms with Gasteiger partial charge in [0.05, 0.1) is 31.5 Å². The second-order valence-corrected chi connectivity index (χ2v) is 3.93. The third-order valence-corrected chi connectivity index (χ3v) is 2.89. The largest absolute Gasteiger partial charge is 0.395 e. The van der Waals surface area contributed by atoms with E-state index in [4.69, 9.17) is 10.2 Å². The Balaban J connectivity index is 2.66. The van der Waals surface area contributed by atoms with Gasteiger partial charge in [-0.15, -0.1) is 0 Å². The summed E-state index contributed by atoms with van der Waals surface area (Å²) in [6, 6.07) is -0.464. The molecule has 0 saturated carbocycles. The van der Waals surface area contributed by atoms with E-state index in [0.29, 0.717) is 13.1 Å². The molecule has 0 aliphatic carbocycles. The highest BCUT2D eigenvalue weighted by molar-refractivity contribution is 4.92. The molecule has 1 rings (SSSR count). The van der Waals surface area contributed by atoms with E-state index in [-0.39, 0.29) is 19.1 Å². The summed E-state index contributed by atoms with van der Waals surface area (Å²) >= 11 is 0. The summed E-state index contributed by atoms with van der Waals surface area (Å²) in [6.45, 7) is 2.63. The molecular formula is C9H19NO4. The van der Waals surface area contributed by atoms with Gasteiger partial charge in [0.2, 0.25) is 0 Å². The van der Waals surface area contributed by atoms with Gasteiger partial charge in [-0.1, -0.05) is 6.92 Å². The van der Waals surface area contributed by atoms with Crippen LogP contribution in [-0.2, 0) is 0 Å². The van der Waals surface area contributed by atoms with Gasteiger partial charge in [0.25, 0.3) is 0 Å². The molecule has 84 valence electrons. The lowest BCUT2D eigenvalue weighted by molar-refractivity contribution is -0.116. The Hall–Kier alpha value is -0.200. The van der Waals surface area contributed by atoms with Crippen molar-refractivity contribution in [3.05, 3.63) is 0 Å². The van der Waals surface area contributed by atoms with E-state index < -0.39 is 18.2 Å². The van der Waals surface area contributed by atoms with Gasteiger partial charge in [-0.2, -0.15) is 0 Å². The molecule has 0 aromatic carbocycles. The smallest absolute Gasteiger partial charge is 0.0979 e. The molecule has 1 aliphatic rings. The van der Waals surface area contributed by atoms with E-state index in [1.165, 1.54) is 0 Å². The molecule has 0 aromatic rings. The summed E-state index contributed by atoms with van der Waals surface area (Å²) in [4.78, 5) is 1.81. The Labute approximate surface area is 83.6 Å². The van der Waals surface area contributed by atoms with Gasteiger partial charge in [0.15, 0.2) is 0 Å². The Morgan fingerprint density at radius 3 is 2.36 bits per heavy atom. The molecule has 1 unspecified atom stereocenters. The lowest BCUT2D eigenvalue weighted by Crippen LogP contribution is -2.60. The minimum atomic E-state index is -0.935. The van der Waals surface area contributed by atoms with Crippen LogP contribution in [-0.4, -0.2) is 69.9 Å². The summed E-state index contributed by atoms with van der Waals surface area (Å²) in [5, 5.41) is 37.1. The second-order valence-electron chi connectivity index (χ2n) is 3.93. The fraction of sp³-hybridized carbons (Fsp3) is 1.00. The molecule has 1 saturated heterocycles.